The fourth-order valence-electron chi connectivity index (χ4n) is 2.06. The summed E-state index contributed by atoms with van der Waals surface area (Å²) in [5.74, 6) is -0.371. The second kappa shape index (κ2) is 4.20. The fraction of sp³-hybridized carbons (Fsp3) is 0.385. The highest BCUT2D eigenvalue weighted by Crippen LogP contribution is 2.22. The molecule has 1 unspecified atom stereocenters. The normalized spacial score (nSPS) is 20.4. The number of nitrogens with zero attached hydrogens (tertiary/aromatic N) is 1. The lowest BCUT2D eigenvalue weighted by Crippen LogP contribution is -2.53. The molecule has 90 valence electrons. The van der Waals surface area contributed by atoms with E-state index in [1.54, 1.807) is 4.90 Å². The summed E-state index contributed by atoms with van der Waals surface area (Å²) in [4.78, 5) is 24.7. The van der Waals surface area contributed by atoms with Gasteiger partial charge >= 0.3 is 6.03 Å². The van der Waals surface area contributed by atoms with E-state index < -0.39 is 0 Å². The molecule has 2 rings (SSSR count). The Hall–Kier alpha value is -1.84. The molecule has 1 aromatic carbocycles. The molecular weight excluding hydrogens is 216 g/mol. The van der Waals surface area contributed by atoms with E-state index in [2.05, 4.69) is 11.4 Å². The van der Waals surface area contributed by atoms with Crippen LogP contribution in [0.2, 0.25) is 0 Å². The zero-order valence-corrected chi connectivity index (χ0v) is 10.3. The number of amides is 3. The number of carbonyl (C=O) groups is 2. The van der Waals surface area contributed by atoms with Crippen LogP contribution in [-0.2, 0) is 4.79 Å². The van der Waals surface area contributed by atoms with Gasteiger partial charge in [-0.2, -0.15) is 0 Å². The van der Waals surface area contributed by atoms with E-state index >= 15 is 0 Å². The SMILES string of the molecule is Cc1cc(C)cc(N2CC(C)C(=O)NC2=O)c1. The van der Waals surface area contributed by atoms with E-state index in [1.807, 2.05) is 32.9 Å². The average Bonchev–Trinajstić information content (AvgIpc) is 2.22. The van der Waals surface area contributed by atoms with Crippen LogP contribution in [-0.4, -0.2) is 18.5 Å². The van der Waals surface area contributed by atoms with Gasteiger partial charge in [0, 0.05) is 12.2 Å². The first-order valence-corrected chi connectivity index (χ1v) is 5.68. The standard InChI is InChI=1S/C13H16N2O2/c1-8-4-9(2)6-11(5-8)15-7-10(3)12(16)14-13(15)17/h4-6,10H,7H2,1-3H3,(H,14,16,17). The van der Waals surface area contributed by atoms with E-state index in [9.17, 15) is 9.59 Å². The zero-order valence-electron chi connectivity index (χ0n) is 10.3. The maximum absolute atomic E-state index is 11.8. The Morgan fingerprint density at radius 1 is 1.18 bits per heavy atom. The predicted octanol–water partition coefficient (Wildman–Crippen LogP) is 2.00. The Morgan fingerprint density at radius 3 is 2.35 bits per heavy atom. The minimum atomic E-state index is -0.335. The topological polar surface area (TPSA) is 49.4 Å². The number of urea groups is 1. The van der Waals surface area contributed by atoms with Crippen molar-refractivity contribution in [2.75, 3.05) is 11.4 Å². The molecule has 1 aromatic rings. The van der Waals surface area contributed by atoms with Gasteiger partial charge in [0.1, 0.15) is 0 Å². The summed E-state index contributed by atoms with van der Waals surface area (Å²) >= 11 is 0. The Labute approximate surface area is 101 Å². The quantitative estimate of drug-likeness (QED) is 0.805. The highest BCUT2D eigenvalue weighted by atomic mass is 16.2. The van der Waals surface area contributed by atoms with Crippen LogP contribution < -0.4 is 10.2 Å². The van der Waals surface area contributed by atoms with Crippen molar-refractivity contribution in [2.24, 2.45) is 5.92 Å². The van der Waals surface area contributed by atoms with E-state index in [-0.39, 0.29) is 17.9 Å². The molecule has 1 atom stereocenters. The Morgan fingerprint density at radius 2 is 1.76 bits per heavy atom. The minimum Gasteiger partial charge on any atom is -0.293 e. The number of carbonyl (C=O) groups excluding carboxylic acids is 2. The molecule has 0 saturated carbocycles. The first-order chi connectivity index (χ1) is 7.97. The van der Waals surface area contributed by atoms with Crippen molar-refractivity contribution in [1.82, 2.24) is 5.32 Å². The number of hydrogen-bond donors (Lipinski definition) is 1. The minimum absolute atomic E-state index is 0.173. The lowest BCUT2D eigenvalue weighted by molar-refractivity contribution is -0.123. The fourth-order valence-corrected chi connectivity index (χ4v) is 2.06. The zero-order chi connectivity index (χ0) is 12.6. The molecule has 1 saturated heterocycles. The van der Waals surface area contributed by atoms with Gasteiger partial charge in [0.05, 0.1) is 5.92 Å². The maximum atomic E-state index is 11.8. The molecule has 1 aliphatic heterocycles. The van der Waals surface area contributed by atoms with Crippen molar-refractivity contribution in [1.29, 1.82) is 0 Å². The summed E-state index contributed by atoms with van der Waals surface area (Å²) in [6, 6.07) is 5.63. The van der Waals surface area contributed by atoms with E-state index in [1.165, 1.54) is 0 Å². The highest BCUT2D eigenvalue weighted by molar-refractivity contribution is 6.06. The Balaban J connectivity index is 2.33. The molecule has 1 fully saturated rings. The van der Waals surface area contributed by atoms with Gasteiger partial charge in [0.25, 0.3) is 0 Å². The third-order valence-corrected chi connectivity index (χ3v) is 2.90. The Bertz CT molecular complexity index is 462. The van der Waals surface area contributed by atoms with Crippen LogP contribution in [0.15, 0.2) is 18.2 Å². The van der Waals surface area contributed by atoms with Crippen molar-refractivity contribution in [3.05, 3.63) is 29.3 Å². The summed E-state index contributed by atoms with van der Waals surface area (Å²) in [7, 11) is 0. The third-order valence-electron chi connectivity index (χ3n) is 2.90. The molecule has 4 nitrogen and oxygen atoms in total. The molecule has 1 aliphatic rings. The molecule has 3 amide bonds. The Kier molecular flexibility index (Phi) is 2.88. The molecule has 4 heteroatoms. The van der Waals surface area contributed by atoms with Gasteiger partial charge < -0.3 is 0 Å². The van der Waals surface area contributed by atoms with Crippen LogP contribution in [0.3, 0.4) is 0 Å². The predicted molar refractivity (Wildman–Crippen MR) is 66.0 cm³/mol. The van der Waals surface area contributed by atoms with Crippen molar-refractivity contribution in [3.8, 4) is 0 Å². The summed E-state index contributed by atoms with van der Waals surface area (Å²) in [6.45, 7) is 6.24. The average molecular weight is 232 g/mol. The molecule has 1 N–H and O–H groups in total. The molecular formula is C13H16N2O2. The summed E-state index contributed by atoms with van der Waals surface area (Å²) in [5, 5.41) is 2.36. The lowest BCUT2D eigenvalue weighted by atomic mass is 10.1. The summed E-state index contributed by atoms with van der Waals surface area (Å²) in [5.41, 5.74) is 3.06. The monoisotopic (exact) mass is 232 g/mol. The van der Waals surface area contributed by atoms with Crippen molar-refractivity contribution in [2.45, 2.75) is 20.8 Å². The van der Waals surface area contributed by atoms with Gasteiger partial charge in [-0.15, -0.1) is 0 Å². The van der Waals surface area contributed by atoms with Crippen molar-refractivity contribution < 1.29 is 9.59 Å². The molecule has 1 heterocycles. The third kappa shape index (κ3) is 2.30. The van der Waals surface area contributed by atoms with Crippen LogP contribution in [0, 0.1) is 19.8 Å². The van der Waals surface area contributed by atoms with Crippen LogP contribution >= 0.6 is 0 Å². The maximum Gasteiger partial charge on any atom is 0.328 e. The van der Waals surface area contributed by atoms with Crippen LogP contribution in [0.5, 0.6) is 0 Å². The second-order valence-electron chi connectivity index (χ2n) is 4.65. The van der Waals surface area contributed by atoms with Gasteiger partial charge in [-0.05, 0) is 37.1 Å². The first-order valence-electron chi connectivity index (χ1n) is 5.68. The second-order valence-corrected chi connectivity index (χ2v) is 4.65. The summed E-state index contributed by atoms with van der Waals surface area (Å²) in [6.07, 6.45) is 0. The van der Waals surface area contributed by atoms with Crippen LogP contribution in [0.25, 0.3) is 0 Å². The number of benzene rings is 1. The van der Waals surface area contributed by atoms with Gasteiger partial charge in [0.2, 0.25) is 5.91 Å². The van der Waals surface area contributed by atoms with Crippen LogP contribution in [0.4, 0.5) is 10.5 Å². The highest BCUT2D eigenvalue weighted by Gasteiger charge is 2.30. The number of aryl methyl sites for hydroxylation is 2. The number of imide groups is 1. The van der Waals surface area contributed by atoms with E-state index in [4.69, 9.17) is 0 Å². The van der Waals surface area contributed by atoms with Gasteiger partial charge in [-0.1, -0.05) is 13.0 Å². The molecule has 0 radical (unpaired) electrons. The molecule has 0 aliphatic carbocycles. The number of nitrogens with one attached hydrogen (secondary N) is 1. The van der Waals surface area contributed by atoms with Crippen molar-refractivity contribution >= 4 is 17.6 Å². The molecule has 0 bridgehead atoms. The number of rotatable bonds is 1. The number of hydrogen-bond acceptors (Lipinski definition) is 2. The lowest BCUT2D eigenvalue weighted by Gasteiger charge is -2.30. The summed E-state index contributed by atoms with van der Waals surface area (Å²) < 4.78 is 0. The molecule has 0 aromatic heterocycles. The molecule has 17 heavy (non-hydrogen) atoms. The largest absolute Gasteiger partial charge is 0.328 e. The number of anilines is 1. The van der Waals surface area contributed by atoms with Gasteiger partial charge in [-0.3, -0.25) is 15.0 Å². The first kappa shape index (κ1) is 11.6. The van der Waals surface area contributed by atoms with E-state index in [0.717, 1.165) is 16.8 Å². The van der Waals surface area contributed by atoms with E-state index in [0.29, 0.717) is 6.54 Å². The smallest absolute Gasteiger partial charge is 0.293 e. The van der Waals surface area contributed by atoms with Gasteiger partial charge in [-0.25, -0.2) is 4.79 Å². The van der Waals surface area contributed by atoms with Gasteiger partial charge in [0.15, 0.2) is 0 Å². The van der Waals surface area contributed by atoms with Crippen molar-refractivity contribution in [3.63, 3.8) is 0 Å². The molecule has 0 spiro atoms. The van der Waals surface area contributed by atoms with Crippen LogP contribution in [0.1, 0.15) is 18.1 Å².